The summed E-state index contributed by atoms with van der Waals surface area (Å²) >= 11 is 0. The maximum Gasteiger partial charge on any atom is 0.0449 e. The lowest BCUT2D eigenvalue weighted by molar-refractivity contribution is 0.920. The average molecular weight is 606 g/mol. The van der Waals surface area contributed by atoms with E-state index in [4.69, 9.17) is 0 Å². The fraction of sp³-hybridized carbons (Fsp3) is 0.130. The van der Waals surface area contributed by atoms with E-state index < -0.39 is 0 Å². The average Bonchev–Trinajstić information content (AvgIpc) is 3.21. The SMILES string of the molecule is CCCc1c(C2=C/Cc3ccccc3N(c3ccc4c5ccccc5c5ccccc5c4c3)C/C=C\2)cccc1-c1ccccc1C. The standard InChI is InChI=1S/C46H39N/c1-3-14-38-37(23-12-24-39(38)36-18-6-4-15-32(36)2)33-17-13-30-47(46-25-11-5-16-34(46)27-26-33)35-28-29-44-42-21-8-7-19-40(42)41-20-9-10-22-43(41)45(44)31-35/h4-13,15-26,28-29,31H,3,14,27,30H2,1-2H3/b17-13-,33-26+. The fourth-order valence-electron chi connectivity index (χ4n) is 7.63. The zero-order valence-electron chi connectivity index (χ0n) is 27.2. The topological polar surface area (TPSA) is 3.24 Å². The first-order valence-electron chi connectivity index (χ1n) is 16.9. The van der Waals surface area contributed by atoms with Crippen molar-refractivity contribution in [2.45, 2.75) is 33.1 Å². The maximum absolute atomic E-state index is 2.49. The van der Waals surface area contributed by atoms with Gasteiger partial charge in [-0.15, -0.1) is 0 Å². The van der Waals surface area contributed by atoms with Crippen molar-refractivity contribution in [2.24, 2.45) is 0 Å². The molecule has 1 nitrogen and oxygen atoms in total. The van der Waals surface area contributed by atoms with Crippen molar-refractivity contribution < 1.29 is 0 Å². The zero-order valence-corrected chi connectivity index (χ0v) is 27.2. The van der Waals surface area contributed by atoms with Crippen molar-refractivity contribution in [1.82, 2.24) is 0 Å². The van der Waals surface area contributed by atoms with Gasteiger partial charge in [0.05, 0.1) is 0 Å². The van der Waals surface area contributed by atoms with Gasteiger partial charge in [-0.1, -0.05) is 147 Å². The van der Waals surface area contributed by atoms with Crippen LogP contribution in [0.15, 0.2) is 152 Å². The number of benzene rings is 7. The van der Waals surface area contributed by atoms with Crippen molar-refractivity contribution in [3.05, 3.63) is 174 Å². The van der Waals surface area contributed by atoms with Gasteiger partial charge < -0.3 is 4.90 Å². The van der Waals surface area contributed by atoms with E-state index in [1.807, 2.05) is 0 Å². The van der Waals surface area contributed by atoms with Crippen LogP contribution in [0.4, 0.5) is 11.4 Å². The minimum atomic E-state index is 0.784. The minimum Gasteiger partial charge on any atom is -0.337 e. The third-order valence-electron chi connectivity index (χ3n) is 9.87. The molecule has 0 saturated heterocycles. The van der Waals surface area contributed by atoms with Crippen LogP contribution in [0.1, 0.15) is 35.6 Å². The molecular weight excluding hydrogens is 567 g/mol. The lowest BCUT2D eigenvalue weighted by Crippen LogP contribution is -2.18. The van der Waals surface area contributed by atoms with Crippen molar-refractivity contribution in [3.8, 4) is 11.1 Å². The first kappa shape index (κ1) is 29.0. The Hall–Kier alpha value is -5.40. The normalized spacial score (nSPS) is 15.1. The highest BCUT2D eigenvalue weighted by atomic mass is 15.1. The van der Waals surface area contributed by atoms with Crippen LogP contribution in [-0.4, -0.2) is 6.54 Å². The molecule has 0 aromatic heterocycles. The summed E-state index contributed by atoms with van der Waals surface area (Å²) in [5, 5.41) is 7.83. The third kappa shape index (κ3) is 5.22. The summed E-state index contributed by atoms with van der Waals surface area (Å²) in [5.41, 5.74) is 11.9. The van der Waals surface area contributed by atoms with E-state index in [1.54, 1.807) is 0 Å². The molecule has 0 atom stereocenters. The van der Waals surface area contributed by atoms with Gasteiger partial charge in [-0.05, 0) is 109 Å². The van der Waals surface area contributed by atoms with Gasteiger partial charge in [0.15, 0.2) is 0 Å². The first-order valence-corrected chi connectivity index (χ1v) is 16.9. The van der Waals surface area contributed by atoms with Gasteiger partial charge in [-0.3, -0.25) is 0 Å². The Morgan fingerprint density at radius 1 is 0.574 bits per heavy atom. The Labute approximate surface area is 278 Å². The van der Waals surface area contributed by atoms with E-state index in [-0.39, 0.29) is 0 Å². The molecule has 7 aromatic carbocycles. The summed E-state index contributed by atoms with van der Waals surface area (Å²) in [6.07, 6.45) is 10.2. The third-order valence-corrected chi connectivity index (χ3v) is 9.87. The van der Waals surface area contributed by atoms with Crippen LogP contribution in [-0.2, 0) is 12.8 Å². The molecule has 0 aliphatic carbocycles. The summed E-state index contributed by atoms with van der Waals surface area (Å²) in [5.74, 6) is 0. The van der Waals surface area contributed by atoms with Crippen molar-refractivity contribution in [1.29, 1.82) is 0 Å². The Kier molecular flexibility index (Phi) is 7.67. The van der Waals surface area contributed by atoms with Crippen LogP contribution in [0.25, 0.3) is 49.0 Å². The lowest BCUT2D eigenvalue weighted by Gasteiger charge is -2.26. The van der Waals surface area contributed by atoms with Crippen LogP contribution in [0.5, 0.6) is 0 Å². The second-order valence-corrected chi connectivity index (χ2v) is 12.7. The summed E-state index contributed by atoms with van der Waals surface area (Å²) in [6.45, 7) is 5.29. The van der Waals surface area contributed by atoms with E-state index >= 15 is 0 Å². The Morgan fingerprint density at radius 3 is 1.94 bits per heavy atom. The molecule has 1 aliphatic rings. The number of aryl methyl sites for hydroxylation is 1. The Morgan fingerprint density at radius 2 is 1.19 bits per heavy atom. The number of nitrogens with zero attached hydrogens (tertiary/aromatic N) is 1. The number of anilines is 2. The molecule has 0 radical (unpaired) electrons. The number of fused-ring (bicyclic) bond motifs is 7. The molecule has 228 valence electrons. The quantitative estimate of drug-likeness (QED) is 0.176. The summed E-state index contributed by atoms with van der Waals surface area (Å²) in [7, 11) is 0. The van der Waals surface area contributed by atoms with Crippen molar-refractivity contribution >= 4 is 49.3 Å². The smallest absolute Gasteiger partial charge is 0.0449 e. The monoisotopic (exact) mass is 605 g/mol. The molecule has 1 heterocycles. The largest absolute Gasteiger partial charge is 0.337 e. The molecule has 0 spiro atoms. The van der Waals surface area contributed by atoms with Gasteiger partial charge in [0, 0.05) is 17.9 Å². The molecule has 0 saturated carbocycles. The van der Waals surface area contributed by atoms with Gasteiger partial charge in [-0.25, -0.2) is 0 Å². The molecule has 0 fully saturated rings. The minimum absolute atomic E-state index is 0.784. The second kappa shape index (κ2) is 12.4. The highest BCUT2D eigenvalue weighted by Crippen LogP contribution is 2.40. The number of para-hydroxylation sites is 1. The Balaban J connectivity index is 1.25. The van der Waals surface area contributed by atoms with Gasteiger partial charge >= 0.3 is 0 Å². The zero-order chi connectivity index (χ0) is 31.7. The fourth-order valence-corrected chi connectivity index (χ4v) is 7.63. The Bertz CT molecular complexity index is 2300. The summed E-state index contributed by atoms with van der Waals surface area (Å²) in [6, 6.07) is 49.3. The molecule has 7 aromatic rings. The van der Waals surface area contributed by atoms with E-state index in [2.05, 4.69) is 170 Å². The van der Waals surface area contributed by atoms with Crippen LogP contribution in [0.3, 0.4) is 0 Å². The predicted octanol–water partition coefficient (Wildman–Crippen LogP) is 12.4. The van der Waals surface area contributed by atoms with Crippen LogP contribution >= 0.6 is 0 Å². The highest BCUT2D eigenvalue weighted by molar-refractivity contribution is 6.25. The van der Waals surface area contributed by atoms with E-state index in [0.717, 1.165) is 25.8 Å². The molecular formula is C46H39N. The van der Waals surface area contributed by atoms with E-state index in [0.29, 0.717) is 0 Å². The van der Waals surface area contributed by atoms with Gasteiger partial charge in [0.25, 0.3) is 0 Å². The lowest BCUT2D eigenvalue weighted by atomic mass is 9.87. The second-order valence-electron chi connectivity index (χ2n) is 12.7. The number of rotatable bonds is 5. The van der Waals surface area contributed by atoms with Crippen LogP contribution in [0, 0.1) is 6.92 Å². The summed E-state index contributed by atoms with van der Waals surface area (Å²) < 4.78 is 0. The van der Waals surface area contributed by atoms with Crippen molar-refractivity contribution in [3.63, 3.8) is 0 Å². The van der Waals surface area contributed by atoms with E-state index in [9.17, 15) is 0 Å². The van der Waals surface area contributed by atoms with Gasteiger partial charge in [-0.2, -0.15) is 0 Å². The molecule has 0 bridgehead atoms. The predicted molar refractivity (Wildman–Crippen MR) is 204 cm³/mol. The van der Waals surface area contributed by atoms with Gasteiger partial charge in [0.2, 0.25) is 0 Å². The molecule has 1 aliphatic heterocycles. The molecule has 47 heavy (non-hydrogen) atoms. The number of hydrogen-bond acceptors (Lipinski definition) is 1. The molecule has 0 N–H and O–H groups in total. The van der Waals surface area contributed by atoms with Crippen LogP contribution < -0.4 is 4.90 Å². The first-order chi connectivity index (χ1) is 23.2. The van der Waals surface area contributed by atoms with E-state index in [1.165, 1.54) is 82.6 Å². The van der Waals surface area contributed by atoms with Crippen molar-refractivity contribution in [2.75, 3.05) is 11.4 Å². The van der Waals surface area contributed by atoms with Gasteiger partial charge in [0.1, 0.15) is 0 Å². The summed E-state index contributed by atoms with van der Waals surface area (Å²) in [4.78, 5) is 2.49. The molecule has 0 amide bonds. The maximum atomic E-state index is 2.49. The number of allylic oxidation sites excluding steroid dienone is 3. The van der Waals surface area contributed by atoms with Crippen LogP contribution in [0.2, 0.25) is 0 Å². The molecule has 8 rings (SSSR count). The molecule has 0 unspecified atom stereocenters. The number of hydrogen-bond donors (Lipinski definition) is 0. The molecule has 1 heteroatoms. The highest BCUT2D eigenvalue weighted by Gasteiger charge is 2.18.